The highest BCUT2D eigenvalue weighted by Crippen LogP contribution is 2.14. The molecule has 0 bridgehead atoms. The predicted octanol–water partition coefficient (Wildman–Crippen LogP) is 0.700. The van der Waals surface area contributed by atoms with E-state index in [2.05, 4.69) is 5.32 Å². The van der Waals surface area contributed by atoms with Gasteiger partial charge in [-0.15, -0.1) is 0 Å². The molecule has 1 fully saturated rings. The highest BCUT2D eigenvalue weighted by atomic mass is 32.2. The van der Waals surface area contributed by atoms with Gasteiger partial charge < -0.3 is 4.90 Å². The Hall–Kier alpha value is -0.420. The smallest absolute Gasteiger partial charge is 0.240 e. The minimum absolute atomic E-state index is 0.0302. The molecule has 1 aliphatic heterocycles. The summed E-state index contributed by atoms with van der Waals surface area (Å²) in [6.45, 7) is 6.67. The van der Waals surface area contributed by atoms with Crippen LogP contribution in [0.3, 0.4) is 0 Å². The molecule has 0 saturated carbocycles. The Labute approximate surface area is 100 Å². The van der Waals surface area contributed by atoms with Crippen molar-refractivity contribution in [2.75, 3.05) is 12.8 Å². The predicted molar refractivity (Wildman–Crippen MR) is 66.5 cm³/mol. The largest absolute Gasteiger partial charge is 0.326 e. The molecule has 4 atom stereocenters. The SMILES string of the molecule is CCC1NC(C)N(CCC(C)S(C)=O)C1=O. The third kappa shape index (κ3) is 3.04. The summed E-state index contributed by atoms with van der Waals surface area (Å²) in [7, 11) is -0.802. The zero-order chi connectivity index (χ0) is 12.3. The Morgan fingerprint density at radius 1 is 1.56 bits per heavy atom. The quantitative estimate of drug-likeness (QED) is 0.777. The molecule has 0 aromatic heterocycles. The van der Waals surface area contributed by atoms with Crippen molar-refractivity contribution >= 4 is 16.7 Å². The number of hydrogen-bond donors (Lipinski definition) is 1. The Balaban J connectivity index is 2.48. The van der Waals surface area contributed by atoms with Crippen LogP contribution in [0.2, 0.25) is 0 Å². The van der Waals surface area contributed by atoms with E-state index in [1.165, 1.54) is 0 Å². The molecule has 94 valence electrons. The van der Waals surface area contributed by atoms with Gasteiger partial charge >= 0.3 is 0 Å². The van der Waals surface area contributed by atoms with Crippen LogP contribution in [0.15, 0.2) is 0 Å². The summed E-state index contributed by atoms with van der Waals surface area (Å²) in [5.41, 5.74) is 0. The summed E-state index contributed by atoms with van der Waals surface area (Å²) < 4.78 is 11.2. The van der Waals surface area contributed by atoms with Gasteiger partial charge in [0.25, 0.3) is 0 Å². The lowest BCUT2D eigenvalue weighted by atomic mass is 10.2. The van der Waals surface area contributed by atoms with Crippen LogP contribution in [0.25, 0.3) is 0 Å². The van der Waals surface area contributed by atoms with Crippen molar-refractivity contribution in [2.24, 2.45) is 0 Å². The number of nitrogens with one attached hydrogen (secondary N) is 1. The minimum atomic E-state index is -0.802. The van der Waals surface area contributed by atoms with E-state index in [-0.39, 0.29) is 23.4 Å². The molecule has 0 aliphatic carbocycles. The van der Waals surface area contributed by atoms with Crippen molar-refractivity contribution in [3.8, 4) is 0 Å². The van der Waals surface area contributed by atoms with E-state index >= 15 is 0 Å². The Morgan fingerprint density at radius 3 is 2.62 bits per heavy atom. The van der Waals surface area contributed by atoms with Crippen LogP contribution in [0.4, 0.5) is 0 Å². The molecule has 0 aromatic rings. The molecular formula is C11H22N2O2S. The number of carbonyl (C=O) groups is 1. The summed E-state index contributed by atoms with van der Waals surface area (Å²) in [5.74, 6) is 0.184. The molecule has 0 spiro atoms. The normalized spacial score (nSPS) is 29.5. The van der Waals surface area contributed by atoms with Crippen LogP contribution in [-0.2, 0) is 15.6 Å². The van der Waals surface area contributed by atoms with E-state index in [0.29, 0.717) is 6.54 Å². The van der Waals surface area contributed by atoms with Gasteiger partial charge in [-0.2, -0.15) is 0 Å². The lowest BCUT2D eigenvalue weighted by Crippen LogP contribution is -2.36. The lowest BCUT2D eigenvalue weighted by Gasteiger charge is -2.22. The number of hydrogen-bond acceptors (Lipinski definition) is 3. The first-order valence-corrected chi connectivity index (χ1v) is 7.48. The second-order valence-electron chi connectivity index (χ2n) is 4.43. The minimum Gasteiger partial charge on any atom is -0.326 e. The average Bonchev–Trinajstić information content (AvgIpc) is 2.51. The summed E-state index contributed by atoms with van der Waals surface area (Å²) >= 11 is 0. The maximum Gasteiger partial charge on any atom is 0.240 e. The summed E-state index contributed by atoms with van der Waals surface area (Å²) in [6, 6.07) is -0.0302. The third-order valence-corrected chi connectivity index (χ3v) is 4.61. The van der Waals surface area contributed by atoms with Crippen molar-refractivity contribution < 1.29 is 9.00 Å². The van der Waals surface area contributed by atoms with Gasteiger partial charge in [0.1, 0.15) is 0 Å². The molecule has 1 rings (SSSR count). The highest BCUT2D eigenvalue weighted by molar-refractivity contribution is 7.84. The molecule has 1 saturated heterocycles. The summed E-state index contributed by atoms with van der Waals surface area (Å²) in [4.78, 5) is 13.8. The van der Waals surface area contributed by atoms with Gasteiger partial charge in [0, 0.05) is 28.9 Å². The Bertz CT molecular complexity index is 283. The fourth-order valence-electron chi connectivity index (χ4n) is 1.93. The van der Waals surface area contributed by atoms with E-state index in [1.54, 1.807) is 6.26 Å². The van der Waals surface area contributed by atoms with Crippen LogP contribution < -0.4 is 5.32 Å². The van der Waals surface area contributed by atoms with Gasteiger partial charge in [0.05, 0.1) is 12.2 Å². The molecule has 4 nitrogen and oxygen atoms in total. The second-order valence-corrected chi connectivity index (χ2v) is 6.23. The molecular weight excluding hydrogens is 224 g/mol. The van der Waals surface area contributed by atoms with Gasteiger partial charge in [-0.25, -0.2) is 0 Å². The van der Waals surface area contributed by atoms with Gasteiger partial charge in [-0.1, -0.05) is 13.8 Å². The maximum atomic E-state index is 11.9. The zero-order valence-corrected chi connectivity index (χ0v) is 11.3. The first-order chi connectivity index (χ1) is 7.47. The molecule has 5 heteroatoms. The van der Waals surface area contributed by atoms with Gasteiger partial charge in [0.15, 0.2) is 0 Å². The fraction of sp³-hybridized carbons (Fsp3) is 0.909. The zero-order valence-electron chi connectivity index (χ0n) is 10.5. The number of rotatable bonds is 5. The van der Waals surface area contributed by atoms with Crippen LogP contribution in [0, 0.1) is 0 Å². The highest BCUT2D eigenvalue weighted by Gasteiger charge is 2.34. The molecule has 1 heterocycles. The number of amides is 1. The second kappa shape index (κ2) is 5.77. The van der Waals surface area contributed by atoms with Crippen LogP contribution in [0.5, 0.6) is 0 Å². The van der Waals surface area contributed by atoms with Crippen molar-refractivity contribution in [1.29, 1.82) is 0 Å². The van der Waals surface area contributed by atoms with E-state index in [4.69, 9.17) is 0 Å². The summed E-state index contributed by atoms with van der Waals surface area (Å²) in [6.07, 6.45) is 3.45. The van der Waals surface area contributed by atoms with Crippen molar-refractivity contribution in [1.82, 2.24) is 10.2 Å². The summed E-state index contributed by atoms with van der Waals surface area (Å²) in [5, 5.41) is 3.41. The first-order valence-electron chi connectivity index (χ1n) is 5.86. The van der Waals surface area contributed by atoms with Gasteiger partial charge in [-0.05, 0) is 19.8 Å². The Morgan fingerprint density at radius 2 is 2.19 bits per heavy atom. The van der Waals surface area contributed by atoms with E-state index in [9.17, 15) is 9.00 Å². The lowest BCUT2D eigenvalue weighted by molar-refractivity contribution is -0.129. The van der Waals surface area contributed by atoms with Gasteiger partial charge in [-0.3, -0.25) is 14.3 Å². The maximum absolute atomic E-state index is 11.9. The van der Waals surface area contributed by atoms with Gasteiger partial charge in [0.2, 0.25) is 5.91 Å². The van der Waals surface area contributed by atoms with Crippen molar-refractivity contribution in [2.45, 2.75) is 51.1 Å². The molecule has 1 aliphatic rings. The monoisotopic (exact) mass is 246 g/mol. The van der Waals surface area contributed by atoms with Crippen LogP contribution in [-0.4, -0.2) is 45.3 Å². The molecule has 0 aromatic carbocycles. The molecule has 1 N–H and O–H groups in total. The van der Waals surface area contributed by atoms with Crippen molar-refractivity contribution in [3.63, 3.8) is 0 Å². The van der Waals surface area contributed by atoms with E-state index in [1.807, 2.05) is 25.7 Å². The third-order valence-electron chi connectivity index (χ3n) is 3.24. The number of carbonyl (C=O) groups excluding carboxylic acids is 1. The molecule has 1 amide bonds. The topological polar surface area (TPSA) is 49.4 Å². The standard InChI is InChI=1S/C11H22N2O2S/c1-5-10-11(14)13(9(3)12-10)7-6-8(2)16(4)15/h8-10,12H,5-7H2,1-4H3. The van der Waals surface area contributed by atoms with Crippen molar-refractivity contribution in [3.05, 3.63) is 0 Å². The van der Waals surface area contributed by atoms with Crippen LogP contribution >= 0.6 is 0 Å². The average molecular weight is 246 g/mol. The molecule has 4 unspecified atom stereocenters. The van der Waals surface area contributed by atoms with E-state index in [0.717, 1.165) is 12.8 Å². The molecule has 0 radical (unpaired) electrons. The fourth-order valence-corrected chi connectivity index (χ4v) is 2.36. The Kier molecular flexibility index (Phi) is 4.92. The molecule has 16 heavy (non-hydrogen) atoms. The number of nitrogens with zero attached hydrogens (tertiary/aromatic N) is 1. The van der Waals surface area contributed by atoms with E-state index < -0.39 is 10.8 Å². The van der Waals surface area contributed by atoms with Crippen LogP contribution in [0.1, 0.15) is 33.6 Å². The first kappa shape index (κ1) is 13.6.